The van der Waals surface area contributed by atoms with Crippen molar-refractivity contribution in [3.8, 4) is 0 Å². The van der Waals surface area contributed by atoms with Gasteiger partial charge in [-0.2, -0.15) is 0 Å². The molecule has 0 unspecified atom stereocenters. The Morgan fingerprint density at radius 3 is 3.07 bits per heavy atom. The Balaban J connectivity index is 2.05. The molecular weight excluding hydrogens is 184 g/mol. The van der Waals surface area contributed by atoms with E-state index in [1.165, 1.54) is 23.8 Å². The van der Waals surface area contributed by atoms with E-state index in [4.69, 9.17) is 0 Å². The van der Waals surface area contributed by atoms with Crippen LogP contribution in [0.3, 0.4) is 0 Å². The molecule has 1 N–H and O–H groups in total. The maximum atomic E-state index is 4.49. The zero-order chi connectivity index (χ0) is 10.1. The van der Waals surface area contributed by atoms with Crippen LogP contribution in [-0.2, 0) is 0 Å². The van der Waals surface area contributed by atoms with Gasteiger partial charge in [0.2, 0.25) is 0 Å². The summed E-state index contributed by atoms with van der Waals surface area (Å²) in [4.78, 5) is 4.49. The number of benzene rings is 1. The lowest BCUT2D eigenvalue weighted by atomic mass is 10.1. The predicted octanol–water partition coefficient (Wildman–Crippen LogP) is 2.66. The molecule has 0 aliphatic carbocycles. The molecule has 2 heteroatoms. The van der Waals surface area contributed by atoms with Gasteiger partial charge in [0.05, 0.1) is 5.52 Å². The predicted molar refractivity (Wildman–Crippen MR) is 61.7 cm³/mol. The lowest BCUT2D eigenvalue weighted by Crippen LogP contribution is -2.12. The van der Waals surface area contributed by atoms with E-state index in [0.29, 0.717) is 6.04 Å². The highest BCUT2D eigenvalue weighted by Crippen LogP contribution is 2.24. The van der Waals surface area contributed by atoms with Gasteiger partial charge in [0.25, 0.3) is 0 Å². The van der Waals surface area contributed by atoms with Crippen LogP contribution in [0.25, 0.3) is 10.9 Å². The first-order valence-electron chi connectivity index (χ1n) is 5.51. The Hall–Kier alpha value is -1.41. The molecule has 0 saturated carbocycles. The van der Waals surface area contributed by atoms with Gasteiger partial charge in [0, 0.05) is 17.6 Å². The maximum absolute atomic E-state index is 4.49. The van der Waals surface area contributed by atoms with Crippen molar-refractivity contribution in [2.24, 2.45) is 0 Å². The van der Waals surface area contributed by atoms with E-state index in [-0.39, 0.29) is 0 Å². The number of hydrogen-bond acceptors (Lipinski definition) is 2. The highest BCUT2D eigenvalue weighted by Gasteiger charge is 2.16. The third kappa shape index (κ3) is 1.61. The molecule has 2 aromatic rings. The average Bonchev–Trinajstić information content (AvgIpc) is 2.82. The van der Waals surface area contributed by atoms with E-state index in [2.05, 4.69) is 34.6 Å². The molecule has 0 bridgehead atoms. The summed E-state index contributed by atoms with van der Waals surface area (Å²) < 4.78 is 0. The Kier molecular flexibility index (Phi) is 2.14. The highest BCUT2D eigenvalue weighted by molar-refractivity contribution is 5.78. The van der Waals surface area contributed by atoms with E-state index in [1.54, 1.807) is 0 Å². The summed E-state index contributed by atoms with van der Waals surface area (Å²) in [5, 5.41) is 4.74. The van der Waals surface area contributed by atoms with Crippen molar-refractivity contribution in [1.29, 1.82) is 0 Å². The van der Waals surface area contributed by atoms with Crippen LogP contribution < -0.4 is 5.32 Å². The minimum absolute atomic E-state index is 0.516. The molecule has 3 rings (SSSR count). The van der Waals surface area contributed by atoms with E-state index in [0.717, 1.165) is 12.1 Å². The molecule has 1 aliphatic heterocycles. The summed E-state index contributed by atoms with van der Waals surface area (Å²) in [7, 11) is 0. The van der Waals surface area contributed by atoms with E-state index < -0.39 is 0 Å². The van der Waals surface area contributed by atoms with Gasteiger partial charge in [-0.05, 0) is 37.1 Å². The van der Waals surface area contributed by atoms with Crippen LogP contribution in [0, 0.1) is 0 Å². The number of nitrogens with zero attached hydrogens (tertiary/aromatic N) is 1. The van der Waals surface area contributed by atoms with Gasteiger partial charge in [-0.25, -0.2) is 0 Å². The van der Waals surface area contributed by atoms with Gasteiger partial charge in [0.15, 0.2) is 0 Å². The SMILES string of the molecule is c1ccc2ncc([C@@H]3CCCN3)cc2c1. The summed E-state index contributed by atoms with van der Waals surface area (Å²) in [6.45, 7) is 1.14. The number of fused-ring (bicyclic) bond motifs is 1. The molecule has 76 valence electrons. The molecule has 0 spiro atoms. The molecule has 1 aliphatic rings. The molecule has 1 saturated heterocycles. The van der Waals surface area contributed by atoms with Crippen molar-refractivity contribution in [3.05, 3.63) is 42.1 Å². The second-order valence-electron chi connectivity index (χ2n) is 4.11. The van der Waals surface area contributed by atoms with Gasteiger partial charge in [-0.15, -0.1) is 0 Å². The summed E-state index contributed by atoms with van der Waals surface area (Å²) in [5.74, 6) is 0. The van der Waals surface area contributed by atoms with Gasteiger partial charge in [-0.1, -0.05) is 18.2 Å². The number of nitrogens with one attached hydrogen (secondary N) is 1. The second kappa shape index (κ2) is 3.63. The lowest BCUT2D eigenvalue weighted by Gasteiger charge is -2.10. The Morgan fingerprint density at radius 1 is 1.27 bits per heavy atom. The minimum atomic E-state index is 0.516. The van der Waals surface area contributed by atoms with Crippen LogP contribution in [-0.4, -0.2) is 11.5 Å². The second-order valence-corrected chi connectivity index (χ2v) is 4.11. The van der Waals surface area contributed by atoms with Crippen molar-refractivity contribution in [2.45, 2.75) is 18.9 Å². The molecule has 1 aromatic carbocycles. The molecule has 2 heterocycles. The summed E-state index contributed by atoms with van der Waals surface area (Å²) >= 11 is 0. The zero-order valence-corrected chi connectivity index (χ0v) is 8.61. The van der Waals surface area contributed by atoms with Crippen LogP contribution in [0.15, 0.2) is 36.5 Å². The van der Waals surface area contributed by atoms with Crippen LogP contribution >= 0.6 is 0 Å². The molecule has 1 atom stereocenters. The van der Waals surface area contributed by atoms with Crippen molar-refractivity contribution in [3.63, 3.8) is 0 Å². The van der Waals surface area contributed by atoms with Crippen LogP contribution in [0.5, 0.6) is 0 Å². The van der Waals surface area contributed by atoms with E-state index in [1.807, 2.05) is 12.3 Å². The van der Waals surface area contributed by atoms with Gasteiger partial charge < -0.3 is 5.32 Å². The van der Waals surface area contributed by atoms with E-state index in [9.17, 15) is 0 Å². The molecule has 0 amide bonds. The largest absolute Gasteiger partial charge is 0.310 e. The lowest BCUT2D eigenvalue weighted by molar-refractivity contribution is 0.646. The van der Waals surface area contributed by atoms with Gasteiger partial charge in [0.1, 0.15) is 0 Å². The topological polar surface area (TPSA) is 24.9 Å². The fraction of sp³-hybridized carbons (Fsp3) is 0.308. The quantitative estimate of drug-likeness (QED) is 0.762. The first-order chi connectivity index (χ1) is 7.43. The van der Waals surface area contributed by atoms with Crippen LogP contribution in [0.1, 0.15) is 24.4 Å². The van der Waals surface area contributed by atoms with Gasteiger partial charge in [-0.3, -0.25) is 4.98 Å². The number of rotatable bonds is 1. The molecule has 15 heavy (non-hydrogen) atoms. The van der Waals surface area contributed by atoms with Crippen molar-refractivity contribution >= 4 is 10.9 Å². The first kappa shape index (κ1) is 8.86. The summed E-state index contributed by atoms with van der Waals surface area (Å²) in [6, 6.07) is 11.0. The maximum Gasteiger partial charge on any atom is 0.0702 e. The number of hydrogen-bond donors (Lipinski definition) is 1. The third-order valence-electron chi connectivity index (χ3n) is 3.07. The Morgan fingerprint density at radius 2 is 2.20 bits per heavy atom. The Bertz CT molecular complexity index is 473. The standard InChI is InChI=1S/C13H14N2/c1-2-5-12-10(4-1)8-11(9-15-12)13-6-3-7-14-13/h1-2,4-5,8-9,13-14H,3,6-7H2/t13-/m0/s1. The van der Waals surface area contributed by atoms with E-state index >= 15 is 0 Å². The first-order valence-corrected chi connectivity index (χ1v) is 5.51. The molecular formula is C13H14N2. The molecule has 0 radical (unpaired) electrons. The average molecular weight is 198 g/mol. The normalized spacial score (nSPS) is 20.9. The van der Waals surface area contributed by atoms with Crippen LogP contribution in [0.4, 0.5) is 0 Å². The van der Waals surface area contributed by atoms with Crippen molar-refractivity contribution in [2.75, 3.05) is 6.54 Å². The van der Waals surface area contributed by atoms with Crippen LogP contribution in [0.2, 0.25) is 0 Å². The highest BCUT2D eigenvalue weighted by atomic mass is 14.9. The minimum Gasteiger partial charge on any atom is -0.310 e. The summed E-state index contributed by atoms with van der Waals surface area (Å²) in [5.41, 5.74) is 2.41. The number of aromatic nitrogens is 1. The van der Waals surface area contributed by atoms with Crippen molar-refractivity contribution < 1.29 is 0 Å². The smallest absolute Gasteiger partial charge is 0.0702 e. The zero-order valence-electron chi connectivity index (χ0n) is 8.61. The fourth-order valence-electron chi connectivity index (χ4n) is 2.25. The third-order valence-corrected chi connectivity index (χ3v) is 3.07. The van der Waals surface area contributed by atoms with Crippen molar-refractivity contribution in [1.82, 2.24) is 10.3 Å². The molecule has 1 aromatic heterocycles. The molecule has 1 fully saturated rings. The van der Waals surface area contributed by atoms with Gasteiger partial charge >= 0.3 is 0 Å². The monoisotopic (exact) mass is 198 g/mol. The Labute approximate surface area is 89.3 Å². The fourth-order valence-corrected chi connectivity index (χ4v) is 2.25. The molecule has 2 nitrogen and oxygen atoms in total. The summed E-state index contributed by atoms with van der Waals surface area (Å²) in [6.07, 6.45) is 4.52. The number of pyridine rings is 1. The number of para-hydroxylation sites is 1.